The summed E-state index contributed by atoms with van der Waals surface area (Å²) >= 11 is 0. The SMILES string of the molecule is CNC(=O)c1c(C)nc2n1CCNC2.Cl. The molecular weight excluding hydrogens is 216 g/mol. The van der Waals surface area contributed by atoms with Gasteiger partial charge in [0.1, 0.15) is 11.5 Å². The zero-order valence-electron chi connectivity index (χ0n) is 8.83. The van der Waals surface area contributed by atoms with Gasteiger partial charge in [0.2, 0.25) is 0 Å². The van der Waals surface area contributed by atoms with Crippen molar-refractivity contribution < 1.29 is 4.79 Å². The fraction of sp³-hybridized carbons (Fsp3) is 0.556. The molecule has 0 saturated heterocycles. The number of halogens is 1. The van der Waals surface area contributed by atoms with Crippen LogP contribution in [0.4, 0.5) is 0 Å². The van der Waals surface area contributed by atoms with Crippen molar-refractivity contribution in [2.24, 2.45) is 0 Å². The summed E-state index contributed by atoms with van der Waals surface area (Å²) in [6.07, 6.45) is 0. The van der Waals surface area contributed by atoms with Gasteiger partial charge in [-0.25, -0.2) is 4.98 Å². The van der Waals surface area contributed by atoms with E-state index in [-0.39, 0.29) is 18.3 Å². The molecule has 5 nitrogen and oxygen atoms in total. The van der Waals surface area contributed by atoms with Gasteiger partial charge in [-0.1, -0.05) is 0 Å². The third kappa shape index (κ3) is 1.98. The van der Waals surface area contributed by atoms with Crippen LogP contribution in [0.25, 0.3) is 0 Å². The third-order valence-corrected chi connectivity index (χ3v) is 2.46. The Kier molecular flexibility index (Phi) is 3.71. The summed E-state index contributed by atoms with van der Waals surface area (Å²) in [6, 6.07) is 0. The molecular formula is C9H15ClN4O. The molecule has 84 valence electrons. The molecule has 1 aliphatic rings. The van der Waals surface area contributed by atoms with Crippen LogP contribution in [0, 0.1) is 6.92 Å². The lowest BCUT2D eigenvalue weighted by Gasteiger charge is -2.16. The highest BCUT2D eigenvalue weighted by Gasteiger charge is 2.21. The number of carbonyl (C=O) groups is 1. The van der Waals surface area contributed by atoms with Crippen LogP contribution in [-0.2, 0) is 13.1 Å². The summed E-state index contributed by atoms with van der Waals surface area (Å²) < 4.78 is 1.99. The molecule has 1 aliphatic heterocycles. The molecule has 15 heavy (non-hydrogen) atoms. The number of fused-ring (bicyclic) bond motifs is 1. The molecule has 0 aromatic carbocycles. The Balaban J connectivity index is 0.00000112. The molecule has 0 bridgehead atoms. The second-order valence-corrected chi connectivity index (χ2v) is 3.37. The first-order valence-electron chi connectivity index (χ1n) is 4.73. The van der Waals surface area contributed by atoms with E-state index < -0.39 is 0 Å². The fourth-order valence-corrected chi connectivity index (χ4v) is 1.80. The summed E-state index contributed by atoms with van der Waals surface area (Å²) in [6.45, 7) is 4.33. The number of aryl methyl sites for hydroxylation is 1. The van der Waals surface area contributed by atoms with Crippen LogP contribution in [0.5, 0.6) is 0 Å². The van der Waals surface area contributed by atoms with Crippen molar-refractivity contribution >= 4 is 18.3 Å². The van der Waals surface area contributed by atoms with E-state index in [4.69, 9.17) is 0 Å². The molecule has 1 amide bonds. The monoisotopic (exact) mass is 230 g/mol. The van der Waals surface area contributed by atoms with Gasteiger partial charge in [-0.3, -0.25) is 4.79 Å². The summed E-state index contributed by atoms with van der Waals surface area (Å²) in [4.78, 5) is 15.9. The van der Waals surface area contributed by atoms with Crippen LogP contribution >= 0.6 is 12.4 Å². The van der Waals surface area contributed by atoms with E-state index in [9.17, 15) is 4.79 Å². The molecule has 0 saturated carbocycles. The smallest absolute Gasteiger partial charge is 0.269 e. The van der Waals surface area contributed by atoms with Crippen LogP contribution in [0.3, 0.4) is 0 Å². The van der Waals surface area contributed by atoms with Crippen molar-refractivity contribution in [1.82, 2.24) is 20.2 Å². The zero-order chi connectivity index (χ0) is 10.1. The third-order valence-electron chi connectivity index (χ3n) is 2.46. The number of hydrogen-bond donors (Lipinski definition) is 2. The molecule has 0 atom stereocenters. The summed E-state index contributed by atoms with van der Waals surface area (Å²) in [5.74, 6) is 0.899. The molecule has 2 N–H and O–H groups in total. The molecule has 1 aromatic heterocycles. The molecule has 0 unspecified atom stereocenters. The number of nitrogens with one attached hydrogen (secondary N) is 2. The summed E-state index contributed by atoms with van der Waals surface area (Å²) in [7, 11) is 1.64. The highest BCUT2D eigenvalue weighted by molar-refractivity contribution is 5.93. The van der Waals surface area contributed by atoms with E-state index in [0.717, 1.165) is 31.2 Å². The van der Waals surface area contributed by atoms with Crippen molar-refractivity contribution in [3.63, 3.8) is 0 Å². The van der Waals surface area contributed by atoms with Crippen LogP contribution in [-0.4, -0.2) is 29.1 Å². The second-order valence-electron chi connectivity index (χ2n) is 3.37. The quantitative estimate of drug-likeness (QED) is 0.718. The Morgan fingerprint density at radius 3 is 3.00 bits per heavy atom. The number of aromatic nitrogens is 2. The van der Waals surface area contributed by atoms with Crippen LogP contribution in [0.15, 0.2) is 0 Å². The standard InChI is InChI=1S/C9H14N4O.ClH/c1-6-8(9(14)10-2)13-4-3-11-5-7(13)12-6;/h11H,3-5H2,1-2H3,(H,10,14);1H. The Hall–Kier alpha value is -1.07. The molecule has 2 heterocycles. The molecule has 0 spiro atoms. The Morgan fingerprint density at radius 1 is 1.60 bits per heavy atom. The van der Waals surface area contributed by atoms with Gasteiger partial charge in [0.05, 0.1) is 12.2 Å². The first-order chi connectivity index (χ1) is 6.74. The normalized spacial score (nSPS) is 14.0. The summed E-state index contributed by atoms with van der Waals surface area (Å²) in [5, 5.41) is 5.86. The van der Waals surface area contributed by atoms with E-state index in [2.05, 4.69) is 15.6 Å². The maximum absolute atomic E-state index is 11.6. The Bertz CT molecular complexity index is 374. The molecule has 0 fully saturated rings. The lowest BCUT2D eigenvalue weighted by molar-refractivity contribution is 0.0952. The van der Waals surface area contributed by atoms with Gasteiger partial charge < -0.3 is 15.2 Å². The van der Waals surface area contributed by atoms with E-state index in [1.54, 1.807) is 7.05 Å². The Morgan fingerprint density at radius 2 is 2.33 bits per heavy atom. The van der Waals surface area contributed by atoms with Gasteiger partial charge in [0, 0.05) is 20.1 Å². The number of amides is 1. The van der Waals surface area contributed by atoms with E-state index in [1.807, 2.05) is 11.5 Å². The van der Waals surface area contributed by atoms with Crippen molar-refractivity contribution in [2.45, 2.75) is 20.0 Å². The number of imidazole rings is 1. The topological polar surface area (TPSA) is 59.0 Å². The highest BCUT2D eigenvalue weighted by Crippen LogP contribution is 2.13. The lowest BCUT2D eigenvalue weighted by Crippen LogP contribution is -2.31. The van der Waals surface area contributed by atoms with Gasteiger partial charge >= 0.3 is 0 Å². The highest BCUT2D eigenvalue weighted by atomic mass is 35.5. The predicted molar refractivity (Wildman–Crippen MR) is 59.3 cm³/mol. The van der Waals surface area contributed by atoms with E-state index >= 15 is 0 Å². The Labute approximate surface area is 94.7 Å². The summed E-state index contributed by atoms with van der Waals surface area (Å²) in [5.41, 5.74) is 1.51. The fourth-order valence-electron chi connectivity index (χ4n) is 1.80. The number of hydrogen-bond acceptors (Lipinski definition) is 3. The maximum Gasteiger partial charge on any atom is 0.269 e. The minimum Gasteiger partial charge on any atom is -0.354 e. The molecule has 1 aromatic rings. The molecule has 6 heteroatoms. The van der Waals surface area contributed by atoms with Gasteiger partial charge in [0.15, 0.2) is 0 Å². The van der Waals surface area contributed by atoms with E-state index in [0.29, 0.717) is 5.69 Å². The van der Waals surface area contributed by atoms with Gasteiger partial charge in [-0.15, -0.1) is 12.4 Å². The number of nitrogens with zero attached hydrogens (tertiary/aromatic N) is 2. The minimum absolute atomic E-state index is 0. The van der Waals surface area contributed by atoms with Gasteiger partial charge in [-0.05, 0) is 6.92 Å². The molecule has 0 radical (unpaired) electrons. The van der Waals surface area contributed by atoms with Crippen molar-refractivity contribution in [3.8, 4) is 0 Å². The van der Waals surface area contributed by atoms with E-state index in [1.165, 1.54) is 0 Å². The predicted octanol–water partition coefficient (Wildman–Crippen LogP) is 0.0761. The van der Waals surface area contributed by atoms with Crippen LogP contribution < -0.4 is 10.6 Å². The number of carbonyl (C=O) groups excluding carboxylic acids is 1. The largest absolute Gasteiger partial charge is 0.354 e. The number of rotatable bonds is 1. The lowest BCUT2D eigenvalue weighted by atomic mass is 10.3. The minimum atomic E-state index is -0.0526. The average Bonchev–Trinajstić information content (AvgIpc) is 2.53. The van der Waals surface area contributed by atoms with Crippen LogP contribution in [0.1, 0.15) is 22.0 Å². The average molecular weight is 231 g/mol. The van der Waals surface area contributed by atoms with Crippen LogP contribution in [0.2, 0.25) is 0 Å². The first kappa shape index (κ1) is 12.0. The van der Waals surface area contributed by atoms with Crippen molar-refractivity contribution in [3.05, 3.63) is 17.2 Å². The first-order valence-corrected chi connectivity index (χ1v) is 4.73. The molecule has 2 rings (SSSR count). The maximum atomic E-state index is 11.6. The molecule has 0 aliphatic carbocycles. The van der Waals surface area contributed by atoms with Crippen molar-refractivity contribution in [1.29, 1.82) is 0 Å². The van der Waals surface area contributed by atoms with Gasteiger partial charge in [0.25, 0.3) is 5.91 Å². The second kappa shape index (κ2) is 4.63. The van der Waals surface area contributed by atoms with Crippen molar-refractivity contribution in [2.75, 3.05) is 13.6 Å². The zero-order valence-corrected chi connectivity index (χ0v) is 9.65. The van der Waals surface area contributed by atoms with Gasteiger partial charge in [-0.2, -0.15) is 0 Å².